The van der Waals surface area contributed by atoms with Gasteiger partial charge in [0.05, 0.1) is 17.3 Å². The average molecular weight is 239 g/mol. The molecule has 0 fully saturated rings. The van der Waals surface area contributed by atoms with Crippen LogP contribution in [0.5, 0.6) is 0 Å². The molecule has 4 nitrogen and oxygen atoms in total. The summed E-state index contributed by atoms with van der Waals surface area (Å²) in [5, 5.41) is 14.1. The van der Waals surface area contributed by atoms with Crippen LogP contribution in [0.25, 0.3) is 0 Å². The summed E-state index contributed by atoms with van der Waals surface area (Å²) in [6.07, 6.45) is 3.97. The summed E-state index contributed by atoms with van der Waals surface area (Å²) in [5.74, 6) is 0. The molecule has 0 aliphatic heterocycles. The maximum absolute atomic E-state index is 9.74. The first-order valence-corrected chi connectivity index (χ1v) is 6.03. The monoisotopic (exact) mass is 239 g/mol. The fraction of sp³-hybridized carbons (Fsp3) is 0.769. The molecule has 17 heavy (non-hydrogen) atoms. The van der Waals surface area contributed by atoms with E-state index in [9.17, 15) is 5.11 Å². The van der Waals surface area contributed by atoms with Crippen LogP contribution in [0.1, 0.15) is 40.2 Å². The molecule has 1 rings (SSSR count). The SMILES string of the molecule is CN(Cc1cnn(C(C)(C)C)c1)CC(C)(C)O. The minimum absolute atomic E-state index is 0.0209. The first-order valence-electron chi connectivity index (χ1n) is 6.03. The standard InChI is InChI=1S/C13H25N3O/c1-12(2,3)16-9-11(7-14-16)8-15(6)10-13(4,5)17/h7,9,17H,8,10H2,1-6H3. The van der Waals surface area contributed by atoms with Crippen molar-refractivity contribution >= 4 is 0 Å². The van der Waals surface area contributed by atoms with E-state index in [0.29, 0.717) is 6.54 Å². The Kier molecular flexibility index (Phi) is 3.99. The largest absolute Gasteiger partial charge is 0.389 e. The lowest BCUT2D eigenvalue weighted by Gasteiger charge is -2.25. The molecule has 0 aromatic carbocycles. The zero-order chi connectivity index (χ0) is 13.3. The van der Waals surface area contributed by atoms with Crippen molar-refractivity contribution in [3.8, 4) is 0 Å². The van der Waals surface area contributed by atoms with Crippen molar-refractivity contribution in [2.24, 2.45) is 0 Å². The van der Waals surface area contributed by atoms with E-state index >= 15 is 0 Å². The summed E-state index contributed by atoms with van der Waals surface area (Å²) in [4.78, 5) is 2.10. The molecule has 1 aromatic rings. The highest BCUT2D eigenvalue weighted by atomic mass is 16.3. The number of aliphatic hydroxyl groups is 1. The molecular weight excluding hydrogens is 214 g/mol. The Morgan fingerprint density at radius 1 is 1.29 bits per heavy atom. The molecule has 0 radical (unpaired) electrons. The smallest absolute Gasteiger partial charge is 0.0718 e. The van der Waals surface area contributed by atoms with Gasteiger partial charge < -0.3 is 5.11 Å². The molecule has 1 aromatic heterocycles. The van der Waals surface area contributed by atoms with Gasteiger partial charge in [0.25, 0.3) is 0 Å². The first kappa shape index (κ1) is 14.2. The van der Waals surface area contributed by atoms with Gasteiger partial charge in [0.15, 0.2) is 0 Å². The van der Waals surface area contributed by atoms with E-state index < -0.39 is 5.60 Å². The molecular formula is C13H25N3O. The van der Waals surface area contributed by atoms with Crippen LogP contribution >= 0.6 is 0 Å². The van der Waals surface area contributed by atoms with Crippen LogP contribution < -0.4 is 0 Å². The lowest BCUT2D eigenvalue weighted by Crippen LogP contribution is -2.35. The third kappa shape index (κ3) is 4.88. The number of nitrogens with zero attached hydrogens (tertiary/aromatic N) is 3. The number of hydrogen-bond donors (Lipinski definition) is 1. The van der Waals surface area contributed by atoms with E-state index in [1.807, 2.05) is 31.8 Å². The summed E-state index contributed by atoms with van der Waals surface area (Å²) in [7, 11) is 2.01. The molecule has 1 N–H and O–H groups in total. The van der Waals surface area contributed by atoms with Gasteiger partial charge in [0, 0.05) is 24.8 Å². The Bertz CT molecular complexity index is 357. The van der Waals surface area contributed by atoms with E-state index in [1.54, 1.807) is 0 Å². The van der Waals surface area contributed by atoms with Crippen LogP contribution in [0.4, 0.5) is 0 Å². The van der Waals surface area contributed by atoms with E-state index in [0.717, 1.165) is 6.54 Å². The molecule has 0 aliphatic rings. The fourth-order valence-electron chi connectivity index (χ4n) is 1.84. The summed E-state index contributed by atoms with van der Waals surface area (Å²) >= 11 is 0. The predicted octanol–water partition coefficient (Wildman–Crippen LogP) is 1.84. The van der Waals surface area contributed by atoms with Gasteiger partial charge in [0.2, 0.25) is 0 Å². The van der Waals surface area contributed by atoms with Gasteiger partial charge in [-0.1, -0.05) is 0 Å². The normalized spacial score (nSPS) is 13.4. The molecule has 0 amide bonds. The molecule has 98 valence electrons. The fourth-order valence-corrected chi connectivity index (χ4v) is 1.84. The van der Waals surface area contributed by atoms with Gasteiger partial charge in [-0.25, -0.2) is 0 Å². The van der Waals surface area contributed by atoms with Gasteiger partial charge >= 0.3 is 0 Å². The van der Waals surface area contributed by atoms with Gasteiger partial charge in [-0.05, 0) is 41.7 Å². The van der Waals surface area contributed by atoms with Crippen LogP contribution in [0.2, 0.25) is 0 Å². The van der Waals surface area contributed by atoms with Crippen molar-refractivity contribution in [1.82, 2.24) is 14.7 Å². The number of hydrogen-bond acceptors (Lipinski definition) is 3. The highest BCUT2D eigenvalue weighted by molar-refractivity contribution is 5.05. The number of likely N-dealkylation sites (N-methyl/N-ethyl adjacent to an activating group) is 1. The Labute approximate surface area is 104 Å². The maximum Gasteiger partial charge on any atom is 0.0718 e. The van der Waals surface area contributed by atoms with Crippen LogP contribution in [-0.4, -0.2) is 39.0 Å². The zero-order valence-corrected chi connectivity index (χ0v) is 11.9. The van der Waals surface area contributed by atoms with E-state index in [1.165, 1.54) is 5.56 Å². The summed E-state index contributed by atoms with van der Waals surface area (Å²) in [6, 6.07) is 0. The molecule has 0 aliphatic carbocycles. The zero-order valence-electron chi connectivity index (χ0n) is 11.9. The highest BCUT2D eigenvalue weighted by Gasteiger charge is 2.17. The van der Waals surface area contributed by atoms with Crippen molar-refractivity contribution < 1.29 is 5.11 Å². The van der Waals surface area contributed by atoms with Crippen LogP contribution in [-0.2, 0) is 12.1 Å². The lowest BCUT2D eigenvalue weighted by atomic mass is 10.1. The Hall–Kier alpha value is -0.870. The van der Waals surface area contributed by atoms with Crippen molar-refractivity contribution in [2.75, 3.05) is 13.6 Å². The minimum Gasteiger partial charge on any atom is -0.389 e. The second-order valence-electron chi connectivity index (χ2n) is 6.45. The van der Waals surface area contributed by atoms with Gasteiger partial charge in [-0.3, -0.25) is 9.58 Å². The predicted molar refractivity (Wildman–Crippen MR) is 69.9 cm³/mol. The molecule has 0 saturated heterocycles. The molecule has 0 atom stereocenters. The second kappa shape index (κ2) is 4.78. The highest BCUT2D eigenvalue weighted by Crippen LogP contribution is 2.14. The summed E-state index contributed by atoms with van der Waals surface area (Å²) < 4.78 is 1.97. The molecule has 0 spiro atoms. The van der Waals surface area contributed by atoms with Crippen molar-refractivity contribution in [3.63, 3.8) is 0 Å². The molecule has 0 saturated carbocycles. The molecule has 4 heteroatoms. The molecule has 0 bridgehead atoms. The minimum atomic E-state index is -0.658. The van der Waals surface area contributed by atoms with Crippen molar-refractivity contribution in [2.45, 2.75) is 52.3 Å². The average Bonchev–Trinajstić information content (AvgIpc) is 2.47. The maximum atomic E-state index is 9.74. The summed E-state index contributed by atoms with van der Waals surface area (Å²) in [6.45, 7) is 11.5. The van der Waals surface area contributed by atoms with Crippen molar-refractivity contribution in [3.05, 3.63) is 18.0 Å². The first-order chi connectivity index (χ1) is 7.58. The van der Waals surface area contributed by atoms with E-state index in [-0.39, 0.29) is 5.54 Å². The third-order valence-corrected chi connectivity index (χ3v) is 2.43. The van der Waals surface area contributed by atoms with Gasteiger partial charge in [-0.2, -0.15) is 5.10 Å². The molecule has 1 heterocycles. The van der Waals surface area contributed by atoms with Gasteiger partial charge in [0.1, 0.15) is 0 Å². The van der Waals surface area contributed by atoms with E-state index in [4.69, 9.17) is 0 Å². The van der Waals surface area contributed by atoms with Crippen molar-refractivity contribution in [1.29, 1.82) is 0 Å². The number of aromatic nitrogens is 2. The van der Waals surface area contributed by atoms with Crippen LogP contribution in [0.15, 0.2) is 12.4 Å². The quantitative estimate of drug-likeness (QED) is 0.871. The topological polar surface area (TPSA) is 41.3 Å². The Morgan fingerprint density at radius 3 is 2.29 bits per heavy atom. The van der Waals surface area contributed by atoms with E-state index in [2.05, 4.69) is 37.0 Å². The Morgan fingerprint density at radius 2 is 1.88 bits per heavy atom. The number of rotatable bonds is 4. The van der Waals surface area contributed by atoms with Gasteiger partial charge in [-0.15, -0.1) is 0 Å². The third-order valence-electron chi connectivity index (χ3n) is 2.43. The Balaban J connectivity index is 2.61. The van der Waals surface area contributed by atoms with Crippen LogP contribution in [0.3, 0.4) is 0 Å². The van der Waals surface area contributed by atoms with Crippen LogP contribution in [0, 0.1) is 0 Å². The second-order valence-corrected chi connectivity index (χ2v) is 6.45. The summed E-state index contributed by atoms with van der Waals surface area (Å²) in [5.41, 5.74) is 0.536. The lowest BCUT2D eigenvalue weighted by molar-refractivity contribution is 0.0424. The molecule has 0 unspecified atom stereocenters.